The van der Waals surface area contributed by atoms with Crippen molar-refractivity contribution in [2.24, 2.45) is 0 Å². The first-order valence-corrected chi connectivity index (χ1v) is 12.7. The predicted octanol–water partition coefficient (Wildman–Crippen LogP) is 5.77. The number of carbonyl (C=O) groups is 2. The minimum atomic E-state index is -0.594. The Hall–Kier alpha value is -1.86. The van der Waals surface area contributed by atoms with Gasteiger partial charge in [-0.05, 0) is 68.1 Å². The summed E-state index contributed by atoms with van der Waals surface area (Å²) in [6, 6.07) is 13.0. The van der Waals surface area contributed by atoms with E-state index in [-0.39, 0.29) is 24.5 Å². The number of nitrogens with one attached hydrogen (secondary N) is 1. The average molecular weight is 566 g/mol. The van der Waals surface area contributed by atoms with Gasteiger partial charge in [-0.15, -0.1) is 0 Å². The Morgan fingerprint density at radius 1 is 1.09 bits per heavy atom. The SMILES string of the molecule is Cc1cc(OCC(=O)N(Cc2ccc(Br)cc2)[C@H](C)C(=O)NC2CCCCC2)ccc1Br. The molecule has 5 nitrogen and oxygen atoms in total. The van der Waals surface area contributed by atoms with Crippen LogP contribution >= 0.6 is 31.9 Å². The maximum Gasteiger partial charge on any atom is 0.261 e. The summed E-state index contributed by atoms with van der Waals surface area (Å²) in [5.74, 6) is 0.295. The highest BCUT2D eigenvalue weighted by Crippen LogP contribution is 2.22. The molecule has 172 valence electrons. The molecule has 1 atom stereocenters. The monoisotopic (exact) mass is 564 g/mol. The molecule has 2 amide bonds. The summed E-state index contributed by atoms with van der Waals surface area (Å²) in [5, 5.41) is 3.15. The van der Waals surface area contributed by atoms with E-state index in [4.69, 9.17) is 4.74 Å². The number of rotatable bonds is 8. The van der Waals surface area contributed by atoms with Crippen LogP contribution in [0.5, 0.6) is 5.75 Å². The van der Waals surface area contributed by atoms with Crippen molar-refractivity contribution in [1.82, 2.24) is 10.2 Å². The zero-order valence-corrected chi connectivity index (χ0v) is 21.7. The van der Waals surface area contributed by atoms with Gasteiger partial charge in [-0.2, -0.15) is 0 Å². The van der Waals surface area contributed by atoms with Gasteiger partial charge in [-0.1, -0.05) is 63.3 Å². The van der Waals surface area contributed by atoms with E-state index in [2.05, 4.69) is 37.2 Å². The lowest BCUT2D eigenvalue weighted by Crippen LogP contribution is -2.51. The van der Waals surface area contributed by atoms with E-state index in [0.717, 1.165) is 45.8 Å². The van der Waals surface area contributed by atoms with Crippen LogP contribution in [0.15, 0.2) is 51.4 Å². The highest BCUT2D eigenvalue weighted by molar-refractivity contribution is 9.10. The molecule has 3 rings (SSSR count). The molecule has 1 aliphatic rings. The maximum absolute atomic E-state index is 13.2. The molecule has 0 radical (unpaired) electrons. The van der Waals surface area contributed by atoms with Crippen molar-refractivity contribution >= 4 is 43.7 Å². The standard InChI is InChI=1S/C25H30Br2N2O3/c1-17-14-22(12-13-23(17)27)32-16-24(30)29(15-19-8-10-20(26)11-9-19)18(2)25(31)28-21-6-4-3-5-7-21/h8-14,18,21H,3-7,15-16H2,1-2H3,(H,28,31)/t18-/m1/s1. The Morgan fingerprint density at radius 3 is 2.44 bits per heavy atom. The third-order valence-corrected chi connectivity index (χ3v) is 7.30. The number of aryl methyl sites for hydroxylation is 1. The molecule has 0 aromatic heterocycles. The highest BCUT2D eigenvalue weighted by Gasteiger charge is 2.28. The second-order valence-corrected chi connectivity index (χ2v) is 10.1. The van der Waals surface area contributed by atoms with E-state index in [1.807, 2.05) is 49.4 Å². The summed E-state index contributed by atoms with van der Waals surface area (Å²) in [6.45, 7) is 3.97. The van der Waals surface area contributed by atoms with Gasteiger partial charge in [-0.3, -0.25) is 9.59 Å². The first-order chi connectivity index (χ1) is 15.3. The summed E-state index contributed by atoms with van der Waals surface area (Å²) in [6.07, 6.45) is 5.52. The molecular weight excluding hydrogens is 536 g/mol. The Morgan fingerprint density at radius 2 is 1.78 bits per heavy atom. The number of hydrogen-bond acceptors (Lipinski definition) is 3. The first kappa shape index (κ1) is 24.8. The summed E-state index contributed by atoms with van der Waals surface area (Å²) in [7, 11) is 0. The van der Waals surface area contributed by atoms with Gasteiger partial charge in [0.25, 0.3) is 5.91 Å². The minimum absolute atomic E-state index is 0.109. The van der Waals surface area contributed by atoms with Crippen molar-refractivity contribution in [2.75, 3.05) is 6.61 Å². The molecule has 1 fully saturated rings. The summed E-state index contributed by atoms with van der Waals surface area (Å²) in [5.41, 5.74) is 1.99. The van der Waals surface area contributed by atoms with E-state index in [1.54, 1.807) is 11.8 Å². The lowest BCUT2D eigenvalue weighted by molar-refractivity contribution is -0.142. The minimum Gasteiger partial charge on any atom is -0.484 e. The van der Waals surface area contributed by atoms with E-state index >= 15 is 0 Å². The zero-order chi connectivity index (χ0) is 23.1. The van der Waals surface area contributed by atoms with Gasteiger partial charge in [0.2, 0.25) is 5.91 Å². The quantitative estimate of drug-likeness (QED) is 0.442. The van der Waals surface area contributed by atoms with Crippen LogP contribution in [0, 0.1) is 6.92 Å². The van der Waals surface area contributed by atoms with Crippen LogP contribution in [-0.4, -0.2) is 35.4 Å². The summed E-state index contributed by atoms with van der Waals surface area (Å²) < 4.78 is 7.73. The molecule has 0 aliphatic heterocycles. The lowest BCUT2D eigenvalue weighted by atomic mass is 9.95. The number of amides is 2. The maximum atomic E-state index is 13.2. The van der Waals surface area contributed by atoms with Gasteiger partial charge in [0.1, 0.15) is 11.8 Å². The largest absolute Gasteiger partial charge is 0.484 e. The fourth-order valence-corrected chi connectivity index (χ4v) is 4.38. The van der Waals surface area contributed by atoms with Gasteiger partial charge in [0, 0.05) is 21.5 Å². The molecule has 0 saturated heterocycles. The van der Waals surface area contributed by atoms with Crippen molar-refractivity contribution in [3.63, 3.8) is 0 Å². The van der Waals surface area contributed by atoms with E-state index in [9.17, 15) is 9.59 Å². The van der Waals surface area contributed by atoms with Crippen molar-refractivity contribution < 1.29 is 14.3 Å². The molecule has 0 bridgehead atoms. The van der Waals surface area contributed by atoms with E-state index in [0.29, 0.717) is 12.3 Å². The Balaban J connectivity index is 1.70. The normalized spacial score (nSPS) is 15.1. The molecule has 1 aliphatic carbocycles. The number of ether oxygens (including phenoxy) is 1. The molecule has 2 aromatic rings. The highest BCUT2D eigenvalue weighted by atomic mass is 79.9. The molecule has 1 N–H and O–H groups in total. The number of benzene rings is 2. The zero-order valence-electron chi connectivity index (χ0n) is 18.6. The third-order valence-electron chi connectivity index (χ3n) is 5.88. The Bertz CT molecular complexity index is 927. The summed E-state index contributed by atoms with van der Waals surface area (Å²) in [4.78, 5) is 27.8. The Kier molecular flexibility index (Phi) is 9.17. The van der Waals surface area contributed by atoms with Gasteiger partial charge in [0.05, 0.1) is 0 Å². The Labute approximate surface area is 207 Å². The fourth-order valence-electron chi connectivity index (χ4n) is 3.87. The number of halogens is 2. The number of carbonyl (C=O) groups excluding carboxylic acids is 2. The molecule has 7 heteroatoms. The van der Waals surface area contributed by atoms with Crippen molar-refractivity contribution in [2.45, 2.75) is 64.6 Å². The van der Waals surface area contributed by atoms with Crippen LogP contribution in [0.4, 0.5) is 0 Å². The van der Waals surface area contributed by atoms with Gasteiger partial charge < -0.3 is 15.0 Å². The first-order valence-electron chi connectivity index (χ1n) is 11.1. The molecular formula is C25H30Br2N2O3. The van der Waals surface area contributed by atoms with Crippen LogP contribution in [-0.2, 0) is 16.1 Å². The second kappa shape index (κ2) is 11.8. The predicted molar refractivity (Wildman–Crippen MR) is 134 cm³/mol. The second-order valence-electron chi connectivity index (χ2n) is 8.37. The van der Waals surface area contributed by atoms with Crippen LogP contribution < -0.4 is 10.1 Å². The van der Waals surface area contributed by atoms with Gasteiger partial charge in [-0.25, -0.2) is 0 Å². The van der Waals surface area contributed by atoms with Crippen molar-refractivity contribution in [3.05, 3.63) is 62.5 Å². The van der Waals surface area contributed by atoms with Gasteiger partial charge >= 0.3 is 0 Å². The number of hydrogen-bond donors (Lipinski definition) is 1. The van der Waals surface area contributed by atoms with Crippen molar-refractivity contribution in [3.8, 4) is 5.75 Å². The van der Waals surface area contributed by atoms with Crippen molar-refractivity contribution in [1.29, 1.82) is 0 Å². The third kappa shape index (κ3) is 7.07. The topological polar surface area (TPSA) is 58.6 Å². The average Bonchev–Trinajstić information content (AvgIpc) is 2.79. The van der Waals surface area contributed by atoms with Crippen LogP contribution in [0.25, 0.3) is 0 Å². The molecule has 1 saturated carbocycles. The lowest BCUT2D eigenvalue weighted by Gasteiger charge is -2.31. The summed E-state index contributed by atoms with van der Waals surface area (Å²) >= 11 is 6.91. The van der Waals surface area contributed by atoms with Crippen LogP contribution in [0.1, 0.15) is 50.2 Å². The van der Waals surface area contributed by atoms with Gasteiger partial charge in [0.15, 0.2) is 6.61 Å². The fraction of sp³-hybridized carbons (Fsp3) is 0.440. The van der Waals surface area contributed by atoms with E-state index < -0.39 is 6.04 Å². The van der Waals surface area contributed by atoms with Crippen LogP contribution in [0.3, 0.4) is 0 Å². The smallest absolute Gasteiger partial charge is 0.261 e. The molecule has 0 spiro atoms. The van der Waals surface area contributed by atoms with E-state index in [1.165, 1.54) is 6.42 Å². The molecule has 0 unspecified atom stereocenters. The molecule has 32 heavy (non-hydrogen) atoms. The van der Waals surface area contributed by atoms with Crippen LogP contribution in [0.2, 0.25) is 0 Å². The molecule has 0 heterocycles. The number of nitrogens with zero attached hydrogens (tertiary/aromatic N) is 1. The molecule has 2 aromatic carbocycles.